The number of hydrogen-bond donors (Lipinski definition) is 1. The average molecular weight is 374 g/mol. The molecule has 1 N–H and O–H groups in total. The molecular weight excluding hydrogens is 356 g/mol. The molecule has 6 nitrogen and oxygen atoms in total. The molecule has 0 amide bonds. The molecular formula is C17H18N4O2S2. The zero-order chi connectivity index (χ0) is 17.6. The number of aryl methyl sites for hydroxylation is 1. The molecule has 0 spiro atoms. The topological polar surface area (TPSA) is 69.0 Å². The van der Waals surface area contributed by atoms with E-state index in [4.69, 9.17) is 4.74 Å². The smallest absolute Gasteiger partial charge is 0.250 e. The molecule has 25 heavy (non-hydrogen) atoms. The lowest BCUT2D eigenvalue weighted by atomic mass is 10.3. The second kappa shape index (κ2) is 8.17. The summed E-state index contributed by atoms with van der Waals surface area (Å²) in [5, 5.41) is 12.3. The minimum atomic E-state index is -0.00903. The fourth-order valence-corrected chi connectivity index (χ4v) is 3.82. The Kier molecular flexibility index (Phi) is 5.72. The van der Waals surface area contributed by atoms with Gasteiger partial charge in [0.2, 0.25) is 5.13 Å². The highest BCUT2D eigenvalue weighted by molar-refractivity contribution is 8.00. The predicted molar refractivity (Wildman–Crippen MR) is 102 cm³/mol. The highest BCUT2D eigenvalue weighted by Crippen LogP contribution is 2.32. The van der Waals surface area contributed by atoms with Crippen LogP contribution in [0.4, 0.5) is 10.8 Å². The van der Waals surface area contributed by atoms with E-state index < -0.39 is 0 Å². The van der Waals surface area contributed by atoms with E-state index in [1.54, 1.807) is 35.6 Å². The van der Waals surface area contributed by atoms with Gasteiger partial charge in [0, 0.05) is 25.1 Å². The maximum absolute atomic E-state index is 11.7. The summed E-state index contributed by atoms with van der Waals surface area (Å²) < 4.78 is 8.00. The molecule has 130 valence electrons. The Bertz CT molecular complexity index is 907. The third-order valence-corrected chi connectivity index (χ3v) is 5.41. The number of nitrogens with zero attached hydrogens (tertiary/aromatic N) is 3. The van der Waals surface area contributed by atoms with Gasteiger partial charge in [-0.25, -0.2) is 0 Å². The van der Waals surface area contributed by atoms with Crippen LogP contribution >= 0.6 is 23.1 Å². The number of nitrogens with one attached hydrogen (secondary N) is 1. The Labute approximate surface area is 153 Å². The van der Waals surface area contributed by atoms with Crippen molar-refractivity contribution in [2.24, 2.45) is 7.05 Å². The Balaban J connectivity index is 1.64. The van der Waals surface area contributed by atoms with Crippen molar-refractivity contribution in [3.8, 4) is 5.75 Å². The Hall–Kier alpha value is -2.32. The average Bonchev–Trinajstić information content (AvgIpc) is 3.05. The third-order valence-electron chi connectivity index (χ3n) is 3.37. The quantitative estimate of drug-likeness (QED) is 0.637. The Morgan fingerprint density at radius 1 is 1.28 bits per heavy atom. The number of hydrogen-bond acceptors (Lipinski definition) is 7. The van der Waals surface area contributed by atoms with Gasteiger partial charge in [0.1, 0.15) is 5.75 Å². The van der Waals surface area contributed by atoms with Crippen molar-refractivity contribution in [1.82, 2.24) is 14.8 Å². The van der Waals surface area contributed by atoms with E-state index >= 15 is 0 Å². The van der Waals surface area contributed by atoms with E-state index in [1.807, 2.05) is 37.3 Å². The number of para-hydroxylation sites is 2. The van der Waals surface area contributed by atoms with Crippen molar-refractivity contribution < 1.29 is 4.74 Å². The molecule has 8 heteroatoms. The standard InChI is InChI=1S/C17H18N4O2S2/c1-3-23-14-7-5-4-6-13(14)18-16-19-20-17(25-16)24-11-12-8-9-21(2)15(22)10-12/h4-10H,3,11H2,1-2H3,(H,18,19). The zero-order valence-corrected chi connectivity index (χ0v) is 15.6. The Morgan fingerprint density at radius 2 is 2.12 bits per heavy atom. The van der Waals surface area contributed by atoms with Crippen molar-refractivity contribution in [3.63, 3.8) is 0 Å². The number of benzene rings is 1. The summed E-state index contributed by atoms with van der Waals surface area (Å²) >= 11 is 3.03. The lowest BCUT2D eigenvalue weighted by Gasteiger charge is -2.09. The molecule has 3 aromatic rings. The molecule has 1 aromatic carbocycles. The minimum absolute atomic E-state index is 0.00903. The first-order valence-corrected chi connectivity index (χ1v) is 9.56. The van der Waals surface area contributed by atoms with Crippen LogP contribution in [0.5, 0.6) is 5.75 Å². The maximum atomic E-state index is 11.7. The Morgan fingerprint density at radius 3 is 2.92 bits per heavy atom. The van der Waals surface area contributed by atoms with Crippen LogP contribution in [0.2, 0.25) is 0 Å². The number of anilines is 2. The fraction of sp³-hybridized carbons (Fsp3) is 0.235. The largest absolute Gasteiger partial charge is 0.492 e. The fourth-order valence-electron chi connectivity index (χ4n) is 2.11. The maximum Gasteiger partial charge on any atom is 0.250 e. The molecule has 0 radical (unpaired) electrons. The van der Waals surface area contributed by atoms with Crippen LogP contribution in [0.15, 0.2) is 51.7 Å². The van der Waals surface area contributed by atoms with Crippen LogP contribution in [-0.4, -0.2) is 21.4 Å². The monoisotopic (exact) mass is 374 g/mol. The van der Waals surface area contributed by atoms with Gasteiger partial charge in [-0.05, 0) is 30.7 Å². The van der Waals surface area contributed by atoms with Crippen molar-refractivity contribution in [2.45, 2.75) is 17.0 Å². The normalized spacial score (nSPS) is 10.6. The lowest BCUT2D eigenvalue weighted by Crippen LogP contribution is -2.14. The summed E-state index contributed by atoms with van der Waals surface area (Å²) in [6.45, 7) is 2.56. The molecule has 0 unspecified atom stereocenters. The molecule has 2 heterocycles. The van der Waals surface area contributed by atoms with E-state index in [-0.39, 0.29) is 5.56 Å². The molecule has 2 aromatic heterocycles. The van der Waals surface area contributed by atoms with Gasteiger partial charge in [-0.2, -0.15) is 0 Å². The van der Waals surface area contributed by atoms with Gasteiger partial charge in [0.15, 0.2) is 4.34 Å². The second-order valence-corrected chi connectivity index (χ2v) is 7.40. The van der Waals surface area contributed by atoms with Gasteiger partial charge in [-0.3, -0.25) is 4.79 Å². The number of rotatable bonds is 7. The highest BCUT2D eigenvalue weighted by atomic mass is 32.2. The molecule has 3 rings (SSSR count). The summed E-state index contributed by atoms with van der Waals surface area (Å²) in [7, 11) is 1.74. The first-order valence-electron chi connectivity index (χ1n) is 7.76. The van der Waals surface area contributed by atoms with Crippen LogP contribution in [0.3, 0.4) is 0 Å². The molecule has 0 aliphatic heterocycles. The summed E-state index contributed by atoms with van der Waals surface area (Å²) in [6.07, 6.45) is 1.77. The van der Waals surface area contributed by atoms with Crippen LogP contribution in [0.1, 0.15) is 12.5 Å². The summed E-state index contributed by atoms with van der Waals surface area (Å²) in [6, 6.07) is 11.3. The van der Waals surface area contributed by atoms with Crippen LogP contribution in [0.25, 0.3) is 0 Å². The summed E-state index contributed by atoms with van der Waals surface area (Å²) in [4.78, 5) is 11.7. The minimum Gasteiger partial charge on any atom is -0.492 e. The van der Waals surface area contributed by atoms with Gasteiger partial charge >= 0.3 is 0 Å². The van der Waals surface area contributed by atoms with Crippen LogP contribution in [0, 0.1) is 0 Å². The number of thioether (sulfide) groups is 1. The van der Waals surface area contributed by atoms with E-state index in [0.717, 1.165) is 21.3 Å². The van der Waals surface area contributed by atoms with Crippen LogP contribution < -0.4 is 15.6 Å². The summed E-state index contributed by atoms with van der Waals surface area (Å²) in [5.41, 5.74) is 1.83. The van der Waals surface area contributed by atoms with E-state index in [0.29, 0.717) is 17.5 Å². The molecule has 0 aliphatic carbocycles. The van der Waals surface area contributed by atoms with Crippen molar-refractivity contribution in [3.05, 3.63) is 58.5 Å². The zero-order valence-electron chi connectivity index (χ0n) is 13.9. The molecule has 0 saturated heterocycles. The SMILES string of the molecule is CCOc1ccccc1Nc1nnc(SCc2ccn(C)c(=O)c2)s1. The van der Waals surface area contributed by atoms with E-state index in [9.17, 15) is 4.79 Å². The number of ether oxygens (including phenoxy) is 1. The molecule has 0 atom stereocenters. The first kappa shape index (κ1) is 17.5. The molecule has 0 bridgehead atoms. The van der Waals surface area contributed by atoms with Gasteiger partial charge in [0.25, 0.3) is 5.56 Å². The second-order valence-electron chi connectivity index (χ2n) is 5.20. The van der Waals surface area contributed by atoms with Crippen molar-refractivity contribution in [1.29, 1.82) is 0 Å². The lowest BCUT2D eigenvalue weighted by molar-refractivity contribution is 0.342. The van der Waals surface area contributed by atoms with E-state index in [2.05, 4.69) is 15.5 Å². The van der Waals surface area contributed by atoms with Crippen LogP contribution in [-0.2, 0) is 12.8 Å². The van der Waals surface area contributed by atoms with Gasteiger partial charge in [-0.15, -0.1) is 10.2 Å². The van der Waals surface area contributed by atoms with Gasteiger partial charge in [-0.1, -0.05) is 35.2 Å². The van der Waals surface area contributed by atoms with Crippen molar-refractivity contribution in [2.75, 3.05) is 11.9 Å². The first-order chi connectivity index (χ1) is 12.2. The predicted octanol–water partition coefficient (Wildman–Crippen LogP) is 3.67. The number of aromatic nitrogens is 3. The third kappa shape index (κ3) is 4.61. The van der Waals surface area contributed by atoms with Crippen molar-refractivity contribution >= 4 is 33.9 Å². The highest BCUT2D eigenvalue weighted by Gasteiger charge is 2.09. The molecule has 0 aliphatic rings. The van der Waals surface area contributed by atoms with Gasteiger partial charge < -0.3 is 14.6 Å². The molecule has 0 fully saturated rings. The van der Waals surface area contributed by atoms with E-state index in [1.165, 1.54) is 11.3 Å². The summed E-state index contributed by atoms with van der Waals surface area (Å²) in [5.74, 6) is 1.47. The van der Waals surface area contributed by atoms with Gasteiger partial charge in [0.05, 0.1) is 12.3 Å². The molecule has 0 saturated carbocycles. The number of pyridine rings is 1.